The van der Waals surface area contributed by atoms with Crippen LogP contribution in [0.3, 0.4) is 0 Å². The molecule has 1 atom stereocenters. The first-order valence-corrected chi connectivity index (χ1v) is 11.5. The Morgan fingerprint density at radius 3 is 2.56 bits per heavy atom. The summed E-state index contributed by atoms with van der Waals surface area (Å²) in [6.45, 7) is 3.50. The van der Waals surface area contributed by atoms with E-state index in [1.807, 2.05) is 30.0 Å². The molecule has 3 heterocycles. The van der Waals surface area contributed by atoms with Gasteiger partial charge in [0, 0.05) is 54.9 Å². The summed E-state index contributed by atoms with van der Waals surface area (Å²) >= 11 is 0. The van der Waals surface area contributed by atoms with Crippen molar-refractivity contribution in [2.24, 2.45) is 0 Å². The zero-order valence-electron chi connectivity index (χ0n) is 19.5. The highest BCUT2D eigenvalue weighted by Crippen LogP contribution is 2.37. The van der Waals surface area contributed by atoms with E-state index in [9.17, 15) is 18.0 Å². The van der Waals surface area contributed by atoms with Crippen molar-refractivity contribution >= 4 is 17.7 Å². The molecule has 1 aromatic carbocycles. The average Bonchev–Trinajstić information content (AvgIpc) is 3.47. The quantitative estimate of drug-likeness (QED) is 0.547. The third kappa shape index (κ3) is 4.43. The van der Waals surface area contributed by atoms with Crippen LogP contribution < -0.4 is 10.6 Å². The number of rotatable bonds is 5. The normalized spacial score (nSPS) is 18.2. The Kier molecular flexibility index (Phi) is 5.99. The van der Waals surface area contributed by atoms with Crippen molar-refractivity contribution in [2.75, 3.05) is 23.7 Å². The van der Waals surface area contributed by atoms with Gasteiger partial charge in [-0.3, -0.25) is 14.5 Å². The van der Waals surface area contributed by atoms with Gasteiger partial charge in [0.2, 0.25) is 5.95 Å². The van der Waals surface area contributed by atoms with Crippen molar-refractivity contribution in [3.63, 3.8) is 0 Å². The maximum Gasteiger partial charge on any atom is 0.416 e. The van der Waals surface area contributed by atoms with Crippen LogP contribution in [0, 0.1) is 0 Å². The van der Waals surface area contributed by atoms with Crippen LogP contribution >= 0.6 is 0 Å². The second kappa shape index (κ2) is 9.14. The second-order valence-corrected chi connectivity index (χ2v) is 8.57. The summed E-state index contributed by atoms with van der Waals surface area (Å²) in [6.07, 6.45) is 5.58. The van der Waals surface area contributed by atoms with Crippen molar-refractivity contribution in [3.05, 3.63) is 77.8 Å². The number of allylic oxidation sites excluding steroid dienone is 4. The number of amides is 2. The van der Waals surface area contributed by atoms with Crippen molar-refractivity contribution in [3.8, 4) is 11.4 Å². The summed E-state index contributed by atoms with van der Waals surface area (Å²) in [6, 6.07) is 6.16. The molecule has 2 N–H and O–H groups in total. The highest BCUT2D eigenvalue weighted by atomic mass is 19.4. The number of carbonyl (C=O) groups is 1. The molecule has 11 heteroatoms. The van der Waals surface area contributed by atoms with Crippen molar-refractivity contribution in [2.45, 2.75) is 32.0 Å². The summed E-state index contributed by atoms with van der Waals surface area (Å²) in [5.74, 6) is 0.111. The molecule has 186 valence electrons. The Hall–Kier alpha value is -4.15. The van der Waals surface area contributed by atoms with Gasteiger partial charge in [0.1, 0.15) is 5.69 Å². The molecule has 0 saturated carbocycles. The fourth-order valence-corrected chi connectivity index (χ4v) is 4.52. The molecule has 5 rings (SSSR count). The second-order valence-electron chi connectivity index (χ2n) is 8.57. The molecule has 2 aliphatic rings. The molecule has 1 saturated heterocycles. The summed E-state index contributed by atoms with van der Waals surface area (Å²) in [5.41, 5.74) is 8.61. The third-order valence-corrected chi connectivity index (χ3v) is 6.35. The number of nitrogens with two attached hydrogens (primary N) is 1. The number of alkyl halides is 3. The van der Waals surface area contributed by atoms with Crippen molar-refractivity contribution in [1.29, 1.82) is 0 Å². The molecule has 1 aliphatic carbocycles. The summed E-state index contributed by atoms with van der Waals surface area (Å²) < 4.78 is 40.6. The minimum absolute atomic E-state index is 0.0515. The van der Waals surface area contributed by atoms with Gasteiger partial charge in [0.25, 0.3) is 0 Å². The molecule has 1 unspecified atom stereocenters. The predicted molar refractivity (Wildman–Crippen MR) is 129 cm³/mol. The van der Waals surface area contributed by atoms with Gasteiger partial charge in [-0.1, -0.05) is 12.2 Å². The number of benzene rings is 1. The van der Waals surface area contributed by atoms with Crippen LogP contribution in [0.4, 0.5) is 29.6 Å². The highest BCUT2D eigenvalue weighted by Gasteiger charge is 2.35. The van der Waals surface area contributed by atoms with E-state index in [0.717, 1.165) is 23.4 Å². The number of nitrogen functional groups attached to an aromatic ring is 1. The Bertz CT molecular complexity index is 1340. The molecule has 8 nitrogen and oxygen atoms in total. The van der Waals surface area contributed by atoms with Crippen LogP contribution in [0.2, 0.25) is 0 Å². The summed E-state index contributed by atoms with van der Waals surface area (Å²) in [4.78, 5) is 24.7. The molecule has 0 spiro atoms. The SMILES string of the molecule is CCn1cc(C2C=CC=C(N3CCN(c4ccc(C(F)(F)F)cc4)C3=O)C2)c(-c2ccnc(N)n2)n1. The average molecular weight is 496 g/mol. The lowest BCUT2D eigenvalue weighted by molar-refractivity contribution is -0.137. The molecule has 2 amide bonds. The molecule has 1 aliphatic heterocycles. The number of carbonyl (C=O) groups excluding carboxylic acids is 1. The molecule has 0 radical (unpaired) electrons. The fourth-order valence-electron chi connectivity index (χ4n) is 4.52. The smallest absolute Gasteiger partial charge is 0.368 e. The Labute approximate surface area is 205 Å². The predicted octanol–water partition coefficient (Wildman–Crippen LogP) is 4.83. The van der Waals surface area contributed by atoms with Crippen LogP contribution in [0.1, 0.15) is 30.4 Å². The van der Waals surface area contributed by atoms with Crippen LogP contribution in [0.25, 0.3) is 11.4 Å². The monoisotopic (exact) mass is 495 g/mol. The highest BCUT2D eigenvalue weighted by molar-refractivity contribution is 5.95. The van der Waals surface area contributed by atoms with E-state index in [2.05, 4.69) is 21.1 Å². The van der Waals surface area contributed by atoms with Crippen LogP contribution in [-0.2, 0) is 12.7 Å². The van der Waals surface area contributed by atoms with Gasteiger partial charge >= 0.3 is 12.2 Å². The Morgan fingerprint density at radius 2 is 1.86 bits per heavy atom. The topological polar surface area (TPSA) is 93.2 Å². The molecule has 0 bridgehead atoms. The maximum atomic E-state index is 13.2. The number of hydrogen-bond acceptors (Lipinski definition) is 5. The zero-order chi connectivity index (χ0) is 25.4. The molecule has 2 aromatic heterocycles. The molecular formula is C25H24F3N7O. The number of anilines is 2. The van der Waals surface area contributed by atoms with E-state index < -0.39 is 11.7 Å². The van der Waals surface area contributed by atoms with Gasteiger partial charge in [-0.25, -0.2) is 14.8 Å². The maximum absolute atomic E-state index is 13.2. The van der Waals surface area contributed by atoms with Gasteiger partial charge in [0.15, 0.2) is 0 Å². The van der Waals surface area contributed by atoms with E-state index in [4.69, 9.17) is 5.73 Å². The van der Waals surface area contributed by atoms with E-state index in [1.54, 1.807) is 17.2 Å². The number of aryl methyl sites for hydroxylation is 1. The van der Waals surface area contributed by atoms with Crippen LogP contribution in [-0.4, -0.2) is 43.8 Å². The molecule has 1 fully saturated rings. The van der Waals surface area contributed by atoms with Gasteiger partial charge in [0.05, 0.1) is 11.3 Å². The number of hydrogen-bond donors (Lipinski definition) is 1. The summed E-state index contributed by atoms with van der Waals surface area (Å²) in [7, 11) is 0. The lowest BCUT2D eigenvalue weighted by atomic mass is 9.90. The molecule has 3 aromatic rings. The Morgan fingerprint density at radius 1 is 1.11 bits per heavy atom. The fraction of sp³-hybridized carbons (Fsp3) is 0.280. The number of urea groups is 1. The zero-order valence-corrected chi connectivity index (χ0v) is 19.5. The van der Waals surface area contributed by atoms with Gasteiger partial charge in [-0.15, -0.1) is 0 Å². The van der Waals surface area contributed by atoms with E-state index in [0.29, 0.717) is 43.1 Å². The minimum Gasteiger partial charge on any atom is -0.368 e. The Balaban J connectivity index is 1.36. The van der Waals surface area contributed by atoms with E-state index >= 15 is 0 Å². The van der Waals surface area contributed by atoms with Gasteiger partial charge in [-0.05, 0) is 49.8 Å². The van der Waals surface area contributed by atoms with Crippen molar-refractivity contribution in [1.82, 2.24) is 24.6 Å². The van der Waals surface area contributed by atoms with Crippen molar-refractivity contribution < 1.29 is 18.0 Å². The van der Waals surface area contributed by atoms with Crippen LogP contribution in [0.15, 0.2) is 66.7 Å². The standard InChI is InChI=1S/C25H24F3N7O/c1-2-33-15-20(22(32-33)21-10-11-30-23(29)31-21)16-4-3-5-19(14-16)35-13-12-34(24(35)36)18-8-6-17(7-9-18)25(26,27)28/h3-11,15-16H,2,12-14H2,1H3,(H2,29,30,31). The lowest BCUT2D eigenvalue weighted by Gasteiger charge is -2.26. The number of aromatic nitrogens is 4. The molecule has 36 heavy (non-hydrogen) atoms. The first kappa shape index (κ1) is 23.6. The first-order valence-electron chi connectivity index (χ1n) is 11.5. The molecular weight excluding hydrogens is 471 g/mol. The lowest BCUT2D eigenvalue weighted by Crippen LogP contribution is -2.32. The number of halogens is 3. The third-order valence-electron chi connectivity index (χ3n) is 6.35. The largest absolute Gasteiger partial charge is 0.416 e. The van der Waals surface area contributed by atoms with E-state index in [-0.39, 0.29) is 17.9 Å². The first-order chi connectivity index (χ1) is 17.2. The minimum atomic E-state index is -4.42. The van der Waals surface area contributed by atoms with Gasteiger partial charge < -0.3 is 5.73 Å². The van der Waals surface area contributed by atoms with E-state index in [1.165, 1.54) is 17.0 Å². The van der Waals surface area contributed by atoms with Gasteiger partial charge in [-0.2, -0.15) is 18.3 Å². The summed E-state index contributed by atoms with van der Waals surface area (Å²) in [5, 5.41) is 4.68. The van der Waals surface area contributed by atoms with Crippen LogP contribution in [0.5, 0.6) is 0 Å². The number of nitrogens with zero attached hydrogens (tertiary/aromatic N) is 6.